The number of rotatable bonds is 3. The summed E-state index contributed by atoms with van der Waals surface area (Å²) in [5.41, 5.74) is 0. The van der Waals surface area contributed by atoms with E-state index >= 15 is 0 Å². The first-order chi connectivity index (χ1) is 5.02. The Kier molecular flexibility index (Phi) is 4.61. The van der Waals surface area contributed by atoms with Gasteiger partial charge in [0.25, 0.3) is 0 Å². The van der Waals surface area contributed by atoms with Gasteiger partial charge in [-0.3, -0.25) is 4.89 Å². The van der Waals surface area contributed by atoms with E-state index in [-0.39, 0.29) is 12.1 Å². The summed E-state index contributed by atoms with van der Waals surface area (Å²) in [5.74, 6) is 0. The molecule has 0 radical (unpaired) electrons. The van der Waals surface area contributed by atoms with E-state index in [2.05, 4.69) is 15.1 Å². The van der Waals surface area contributed by atoms with E-state index in [4.69, 9.17) is 0 Å². The van der Waals surface area contributed by atoms with Crippen molar-refractivity contribution in [2.45, 2.75) is 39.8 Å². The summed E-state index contributed by atoms with van der Waals surface area (Å²) in [6.45, 7) is 7.25. The first-order valence-electron chi connectivity index (χ1n) is 3.66. The van der Waals surface area contributed by atoms with Crippen LogP contribution in [0.1, 0.15) is 27.7 Å². The highest BCUT2D eigenvalue weighted by Gasteiger charge is 2.05. The van der Waals surface area contributed by atoms with Gasteiger partial charge in [-0.2, -0.15) is 4.89 Å². The topological polar surface area (TPSA) is 47.6 Å². The number of hydrogen-bond donors (Lipinski definition) is 1. The molecule has 0 aromatic rings. The fourth-order valence-corrected chi connectivity index (χ4v) is 0.400. The van der Waals surface area contributed by atoms with E-state index < -0.39 is 6.09 Å². The molecule has 0 fully saturated rings. The van der Waals surface area contributed by atoms with Crippen molar-refractivity contribution in [1.29, 1.82) is 0 Å². The molecule has 0 aliphatic heterocycles. The van der Waals surface area contributed by atoms with Crippen molar-refractivity contribution in [3.8, 4) is 0 Å². The third-order valence-corrected chi connectivity index (χ3v) is 0.723. The second-order valence-corrected chi connectivity index (χ2v) is 2.81. The molecule has 1 N–H and O–H groups in total. The van der Waals surface area contributed by atoms with Crippen molar-refractivity contribution >= 4 is 6.09 Å². The predicted octanol–water partition coefficient (Wildman–Crippen LogP) is 1.46. The molecule has 0 bridgehead atoms. The van der Waals surface area contributed by atoms with Crippen LogP contribution in [0.2, 0.25) is 0 Å². The third-order valence-electron chi connectivity index (χ3n) is 0.723. The van der Waals surface area contributed by atoms with Crippen LogP contribution in [0.5, 0.6) is 0 Å². The maximum Gasteiger partial charge on any atom is 0.438 e. The van der Waals surface area contributed by atoms with E-state index in [1.165, 1.54) is 0 Å². The van der Waals surface area contributed by atoms with E-state index in [0.717, 1.165) is 0 Å². The highest BCUT2D eigenvalue weighted by molar-refractivity contribution is 5.66. The number of hydrogen-bond acceptors (Lipinski definition) is 3. The first kappa shape index (κ1) is 10.2. The lowest BCUT2D eigenvalue weighted by Crippen LogP contribution is -2.31. The summed E-state index contributed by atoms with van der Waals surface area (Å²) < 4.78 is 0. The van der Waals surface area contributed by atoms with Gasteiger partial charge in [-0.25, -0.2) is 4.79 Å². The maximum atomic E-state index is 10.7. The minimum atomic E-state index is -0.547. The molecule has 11 heavy (non-hydrogen) atoms. The smallest absolute Gasteiger partial charge is 0.317 e. The molecular weight excluding hydrogens is 146 g/mol. The molecule has 66 valence electrons. The molecule has 1 amide bonds. The Balaban J connectivity index is 3.38. The van der Waals surface area contributed by atoms with Crippen molar-refractivity contribution < 1.29 is 14.6 Å². The lowest BCUT2D eigenvalue weighted by Gasteiger charge is -2.09. The third kappa shape index (κ3) is 7.12. The monoisotopic (exact) mass is 161 g/mol. The van der Waals surface area contributed by atoms with E-state index in [1.54, 1.807) is 13.8 Å². The Hall–Kier alpha value is -0.770. The molecular formula is C7H15NO3. The van der Waals surface area contributed by atoms with Crippen LogP contribution in [0, 0.1) is 0 Å². The van der Waals surface area contributed by atoms with Gasteiger partial charge in [0.1, 0.15) is 0 Å². The van der Waals surface area contributed by atoms with Crippen molar-refractivity contribution in [2.24, 2.45) is 0 Å². The minimum Gasteiger partial charge on any atom is -0.317 e. The van der Waals surface area contributed by atoms with Crippen LogP contribution in [-0.4, -0.2) is 18.2 Å². The van der Waals surface area contributed by atoms with Crippen molar-refractivity contribution in [1.82, 2.24) is 5.32 Å². The summed E-state index contributed by atoms with van der Waals surface area (Å²) in [7, 11) is 0. The van der Waals surface area contributed by atoms with Gasteiger partial charge >= 0.3 is 6.09 Å². The van der Waals surface area contributed by atoms with Crippen LogP contribution in [0.4, 0.5) is 4.79 Å². The van der Waals surface area contributed by atoms with Crippen LogP contribution in [0.3, 0.4) is 0 Å². The summed E-state index contributed by atoms with van der Waals surface area (Å²) in [6.07, 6.45) is -0.651. The van der Waals surface area contributed by atoms with Crippen molar-refractivity contribution in [3.63, 3.8) is 0 Å². The maximum absolute atomic E-state index is 10.7. The number of carbonyl (C=O) groups is 1. The average Bonchev–Trinajstić information content (AvgIpc) is 1.82. The number of amides is 1. The second kappa shape index (κ2) is 4.96. The Morgan fingerprint density at radius 3 is 2.18 bits per heavy atom. The van der Waals surface area contributed by atoms with Crippen LogP contribution < -0.4 is 5.32 Å². The molecule has 0 aliphatic carbocycles. The molecule has 0 saturated carbocycles. The molecule has 0 rings (SSSR count). The van der Waals surface area contributed by atoms with Gasteiger partial charge in [0.05, 0.1) is 6.10 Å². The zero-order chi connectivity index (χ0) is 8.85. The zero-order valence-electron chi connectivity index (χ0n) is 7.38. The van der Waals surface area contributed by atoms with E-state index in [9.17, 15) is 4.79 Å². The molecule has 4 heteroatoms. The molecule has 0 heterocycles. The minimum absolute atomic E-state index is 0.0678. The quantitative estimate of drug-likeness (QED) is 0.503. The van der Waals surface area contributed by atoms with Gasteiger partial charge in [-0.05, 0) is 27.7 Å². The zero-order valence-corrected chi connectivity index (χ0v) is 7.38. The largest absolute Gasteiger partial charge is 0.438 e. The molecule has 4 nitrogen and oxygen atoms in total. The van der Waals surface area contributed by atoms with Gasteiger partial charge in [-0.1, -0.05) is 0 Å². The molecule has 0 aromatic heterocycles. The molecule has 0 saturated heterocycles. The van der Waals surface area contributed by atoms with Crippen LogP contribution in [0.25, 0.3) is 0 Å². The van der Waals surface area contributed by atoms with Crippen molar-refractivity contribution in [3.05, 3.63) is 0 Å². The van der Waals surface area contributed by atoms with Crippen molar-refractivity contribution in [2.75, 3.05) is 0 Å². The summed E-state index contributed by atoms with van der Waals surface area (Å²) in [5, 5.41) is 2.51. The lowest BCUT2D eigenvalue weighted by molar-refractivity contribution is -0.264. The number of carbonyl (C=O) groups excluding carboxylic acids is 1. The Labute approximate surface area is 66.8 Å². The van der Waals surface area contributed by atoms with Gasteiger partial charge in [-0.15, -0.1) is 0 Å². The molecule has 0 unspecified atom stereocenters. The van der Waals surface area contributed by atoms with Gasteiger partial charge < -0.3 is 5.32 Å². The Morgan fingerprint density at radius 1 is 1.27 bits per heavy atom. The Bertz CT molecular complexity index is 123. The SMILES string of the molecule is CC(C)NC(=O)OOC(C)C. The van der Waals surface area contributed by atoms with E-state index in [0.29, 0.717) is 0 Å². The standard InChI is InChI=1S/C7H15NO3/c1-5(2)8-7(9)11-10-6(3)4/h5-6H,1-4H3,(H,8,9). The molecule has 0 spiro atoms. The van der Waals surface area contributed by atoms with Crippen LogP contribution in [0.15, 0.2) is 0 Å². The van der Waals surface area contributed by atoms with Gasteiger partial charge in [0.2, 0.25) is 0 Å². The highest BCUT2D eigenvalue weighted by atomic mass is 17.2. The van der Waals surface area contributed by atoms with Crippen LogP contribution in [-0.2, 0) is 9.78 Å². The first-order valence-corrected chi connectivity index (χ1v) is 3.66. The fraction of sp³-hybridized carbons (Fsp3) is 0.857. The summed E-state index contributed by atoms with van der Waals surface area (Å²) in [4.78, 5) is 19.7. The average molecular weight is 161 g/mol. The normalized spacial score (nSPS) is 10.4. The summed E-state index contributed by atoms with van der Waals surface area (Å²) >= 11 is 0. The van der Waals surface area contributed by atoms with Gasteiger partial charge in [0.15, 0.2) is 0 Å². The van der Waals surface area contributed by atoms with E-state index in [1.807, 2.05) is 13.8 Å². The summed E-state index contributed by atoms with van der Waals surface area (Å²) in [6, 6.07) is 0.0678. The fourth-order valence-electron chi connectivity index (χ4n) is 0.400. The molecule has 0 atom stereocenters. The Morgan fingerprint density at radius 2 is 1.82 bits per heavy atom. The molecule has 0 aromatic carbocycles. The van der Waals surface area contributed by atoms with Crippen LogP contribution >= 0.6 is 0 Å². The van der Waals surface area contributed by atoms with Gasteiger partial charge in [0, 0.05) is 6.04 Å². The predicted molar refractivity (Wildman–Crippen MR) is 41.0 cm³/mol. The lowest BCUT2D eigenvalue weighted by atomic mass is 10.4. The molecule has 0 aliphatic rings. The highest BCUT2D eigenvalue weighted by Crippen LogP contribution is 1.90. The second-order valence-electron chi connectivity index (χ2n) is 2.81. The number of nitrogens with one attached hydrogen (secondary N) is 1.